The maximum absolute atomic E-state index is 13.1. The lowest BCUT2D eigenvalue weighted by Crippen LogP contribution is -2.57. The lowest BCUT2D eigenvalue weighted by Gasteiger charge is -2.42. The Morgan fingerprint density at radius 2 is 2.08 bits per heavy atom. The van der Waals surface area contributed by atoms with Crippen molar-refractivity contribution in [1.82, 2.24) is 20.3 Å². The fourth-order valence-electron chi connectivity index (χ4n) is 3.74. The number of pyridine rings is 1. The number of hydrogen-bond acceptors (Lipinski definition) is 6. The van der Waals surface area contributed by atoms with Crippen molar-refractivity contribution in [3.05, 3.63) is 48.5 Å². The lowest BCUT2D eigenvalue weighted by atomic mass is 9.75. The van der Waals surface area contributed by atoms with Gasteiger partial charge in [-0.15, -0.1) is 0 Å². The van der Waals surface area contributed by atoms with Gasteiger partial charge in [-0.05, 0) is 31.0 Å². The first kappa shape index (κ1) is 16.0. The molecule has 2 aromatic heterocycles. The quantitative estimate of drug-likeness (QED) is 0.901. The number of nitrogens with one attached hydrogen (secondary N) is 1. The second kappa shape index (κ2) is 6.76. The van der Waals surface area contributed by atoms with E-state index in [0.717, 1.165) is 25.1 Å². The first-order chi connectivity index (χ1) is 12.3. The van der Waals surface area contributed by atoms with E-state index in [1.165, 1.54) is 0 Å². The third-order valence-corrected chi connectivity index (χ3v) is 5.06. The van der Waals surface area contributed by atoms with Gasteiger partial charge in [-0.25, -0.2) is 9.97 Å². The van der Waals surface area contributed by atoms with Crippen LogP contribution in [0.1, 0.15) is 18.5 Å². The molecule has 7 heteroatoms. The number of aromatic nitrogens is 3. The molecule has 0 aliphatic carbocycles. The van der Waals surface area contributed by atoms with Crippen LogP contribution in [0.25, 0.3) is 0 Å². The number of piperidine rings is 1. The van der Waals surface area contributed by atoms with E-state index >= 15 is 0 Å². The largest absolute Gasteiger partial charge is 0.377 e. The van der Waals surface area contributed by atoms with Crippen LogP contribution in [0, 0.1) is 5.41 Å². The smallest absolute Gasteiger partial charge is 0.231 e. The Morgan fingerprint density at radius 3 is 2.88 bits per heavy atom. The van der Waals surface area contributed by atoms with E-state index < -0.39 is 5.41 Å². The standard InChI is InChI=1S/C18H21N5O2/c24-16(22-12-14-4-1-2-7-19-14)18-6-11-25-15(18)5-10-23(13-18)17-20-8-3-9-21-17/h1-4,7-9,15H,5-6,10-13H2,(H,22,24)/t15-,18-/m0/s1. The fraction of sp³-hybridized carbons (Fsp3) is 0.444. The molecule has 0 radical (unpaired) electrons. The summed E-state index contributed by atoms with van der Waals surface area (Å²) in [6, 6.07) is 7.49. The van der Waals surface area contributed by atoms with Crippen molar-refractivity contribution in [2.45, 2.75) is 25.5 Å². The van der Waals surface area contributed by atoms with Gasteiger partial charge in [0.1, 0.15) is 0 Å². The van der Waals surface area contributed by atoms with Gasteiger partial charge in [0.15, 0.2) is 0 Å². The number of anilines is 1. The summed E-state index contributed by atoms with van der Waals surface area (Å²) < 4.78 is 5.87. The molecule has 4 heterocycles. The van der Waals surface area contributed by atoms with Crippen LogP contribution >= 0.6 is 0 Å². The van der Waals surface area contributed by atoms with Crippen LogP contribution in [0.4, 0.5) is 5.95 Å². The molecule has 1 amide bonds. The predicted octanol–water partition coefficient (Wildman–Crippen LogP) is 1.17. The number of carbonyl (C=O) groups is 1. The van der Waals surface area contributed by atoms with Crippen LogP contribution in [0.5, 0.6) is 0 Å². The normalized spacial score (nSPS) is 25.4. The second-order valence-electron chi connectivity index (χ2n) is 6.53. The molecular weight excluding hydrogens is 318 g/mol. The summed E-state index contributed by atoms with van der Waals surface area (Å²) in [5.41, 5.74) is 0.299. The minimum absolute atomic E-state index is 0.0290. The van der Waals surface area contributed by atoms with Crippen molar-refractivity contribution in [2.75, 3.05) is 24.6 Å². The molecular formula is C18H21N5O2. The molecule has 2 atom stereocenters. The molecule has 7 nitrogen and oxygen atoms in total. The molecule has 2 aliphatic heterocycles. The van der Waals surface area contributed by atoms with Gasteiger partial charge >= 0.3 is 0 Å². The molecule has 2 aliphatic rings. The second-order valence-corrected chi connectivity index (χ2v) is 6.53. The Kier molecular flexibility index (Phi) is 4.31. The Bertz CT molecular complexity index is 727. The van der Waals surface area contributed by atoms with Crippen LogP contribution in [-0.2, 0) is 16.1 Å². The number of fused-ring (bicyclic) bond motifs is 1. The summed E-state index contributed by atoms with van der Waals surface area (Å²) >= 11 is 0. The molecule has 2 aromatic rings. The van der Waals surface area contributed by atoms with Gasteiger partial charge in [0, 0.05) is 38.3 Å². The van der Waals surface area contributed by atoms with Crippen LogP contribution in [-0.4, -0.2) is 46.7 Å². The maximum atomic E-state index is 13.1. The summed E-state index contributed by atoms with van der Waals surface area (Å²) in [6.45, 7) is 2.42. The Morgan fingerprint density at radius 1 is 1.24 bits per heavy atom. The zero-order valence-electron chi connectivity index (χ0n) is 14.0. The summed E-state index contributed by atoms with van der Waals surface area (Å²) in [5.74, 6) is 0.700. The monoisotopic (exact) mass is 339 g/mol. The first-order valence-corrected chi connectivity index (χ1v) is 8.60. The van der Waals surface area contributed by atoms with Crippen molar-refractivity contribution >= 4 is 11.9 Å². The summed E-state index contributed by atoms with van der Waals surface area (Å²) in [6.07, 6.45) is 6.66. The van der Waals surface area contributed by atoms with E-state index in [0.29, 0.717) is 25.6 Å². The van der Waals surface area contributed by atoms with Crippen LogP contribution in [0.2, 0.25) is 0 Å². The fourth-order valence-corrected chi connectivity index (χ4v) is 3.74. The highest BCUT2D eigenvalue weighted by Crippen LogP contribution is 2.41. The molecule has 2 saturated heterocycles. The van der Waals surface area contributed by atoms with Gasteiger partial charge in [0.05, 0.1) is 23.8 Å². The average molecular weight is 339 g/mol. The summed E-state index contributed by atoms with van der Waals surface area (Å²) in [7, 11) is 0. The molecule has 2 fully saturated rings. The minimum atomic E-state index is -0.549. The van der Waals surface area contributed by atoms with Crippen molar-refractivity contribution < 1.29 is 9.53 Å². The number of rotatable bonds is 4. The SMILES string of the molecule is O=C(NCc1ccccn1)[C@]12CCO[C@H]1CCN(c1ncccn1)C2. The van der Waals surface area contributed by atoms with Crippen LogP contribution < -0.4 is 10.2 Å². The molecule has 4 rings (SSSR count). The van der Waals surface area contributed by atoms with Crippen LogP contribution in [0.3, 0.4) is 0 Å². The van der Waals surface area contributed by atoms with E-state index in [4.69, 9.17) is 4.74 Å². The Hall–Kier alpha value is -2.54. The van der Waals surface area contributed by atoms with Gasteiger partial charge in [-0.2, -0.15) is 0 Å². The van der Waals surface area contributed by atoms with Crippen molar-refractivity contribution in [3.8, 4) is 0 Å². The third-order valence-electron chi connectivity index (χ3n) is 5.06. The van der Waals surface area contributed by atoms with Gasteiger partial charge in [-0.1, -0.05) is 6.07 Å². The van der Waals surface area contributed by atoms with E-state index in [1.807, 2.05) is 18.2 Å². The van der Waals surface area contributed by atoms with Gasteiger partial charge in [0.2, 0.25) is 11.9 Å². The zero-order chi connectivity index (χ0) is 17.1. The third kappa shape index (κ3) is 3.07. The summed E-state index contributed by atoms with van der Waals surface area (Å²) in [4.78, 5) is 28.1. The van der Waals surface area contributed by atoms with Crippen molar-refractivity contribution in [2.24, 2.45) is 5.41 Å². The molecule has 1 N–H and O–H groups in total. The van der Waals surface area contributed by atoms with Crippen molar-refractivity contribution in [1.29, 1.82) is 0 Å². The number of carbonyl (C=O) groups excluding carboxylic acids is 1. The zero-order valence-corrected chi connectivity index (χ0v) is 14.0. The molecule has 0 unspecified atom stereocenters. The Balaban J connectivity index is 1.51. The van der Waals surface area contributed by atoms with E-state index in [2.05, 4.69) is 25.2 Å². The first-order valence-electron chi connectivity index (χ1n) is 8.60. The number of amides is 1. The maximum Gasteiger partial charge on any atom is 0.231 e. The minimum Gasteiger partial charge on any atom is -0.377 e. The molecule has 0 bridgehead atoms. The molecule has 0 spiro atoms. The lowest BCUT2D eigenvalue weighted by molar-refractivity contribution is -0.135. The number of ether oxygens (including phenoxy) is 1. The summed E-state index contributed by atoms with van der Waals surface area (Å²) in [5, 5.41) is 3.05. The highest BCUT2D eigenvalue weighted by atomic mass is 16.5. The molecule has 25 heavy (non-hydrogen) atoms. The highest BCUT2D eigenvalue weighted by molar-refractivity contribution is 5.84. The number of nitrogens with zero attached hydrogens (tertiary/aromatic N) is 4. The molecule has 0 saturated carbocycles. The van der Waals surface area contributed by atoms with E-state index in [9.17, 15) is 4.79 Å². The number of hydrogen-bond donors (Lipinski definition) is 1. The average Bonchev–Trinajstić information content (AvgIpc) is 3.12. The highest BCUT2D eigenvalue weighted by Gasteiger charge is 2.53. The molecule has 0 aromatic carbocycles. The van der Waals surface area contributed by atoms with Gasteiger partial charge < -0.3 is 15.0 Å². The van der Waals surface area contributed by atoms with Gasteiger partial charge in [0.25, 0.3) is 0 Å². The van der Waals surface area contributed by atoms with E-state index in [1.54, 1.807) is 24.7 Å². The van der Waals surface area contributed by atoms with E-state index in [-0.39, 0.29) is 12.0 Å². The van der Waals surface area contributed by atoms with Crippen molar-refractivity contribution in [3.63, 3.8) is 0 Å². The predicted molar refractivity (Wildman–Crippen MR) is 91.7 cm³/mol. The molecule has 130 valence electrons. The topological polar surface area (TPSA) is 80.2 Å². The Labute approximate surface area is 146 Å². The van der Waals surface area contributed by atoms with Gasteiger partial charge in [-0.3, -0.25) is 9.78 Å². The van der Waals surface area contributed by atoms with Crippen LogP contribution in [0.15, 0.2) is 42.9 Å².